The molecule has 0 fully saturated rings. The fraction of sp³-hybridized carbons (Fsp3) is 0.188. The van der Waals surface area contributed by atoms with Crippen LogP contribution in [0.4, 0.5) is 11.4 Å². The van der Waals surface area contributed by atoms with E-state index in [2.05, 4.69) is 0 Å². The van der Waals surface area contributed by atoms with Crippen molar-refractivity contribution in [3.8, 4) is 0 Å². The zero-order valence-corrected chi connectivity index (χ0v) is 13.2. The van der Waals surface area contributed by atoms with Crippen LogP contribution < -0.4 is 10.6 Å². The predicted molar refractivity (Wildman–Crippen MR) is 89.3 cm³/mol. The highest BCUT2D eigenvalue weighted by Gasteiger charge is 2.22. The summed E-state index contributed by atoms with van der Waals surface area (Å²) in [7, 11) is 0. The molecular formula is C16H16Cl2N2O. The third-order valence-corrected chi connectivity index (χ3v) is 3.70. The summed E-state index contributed by atoms with van der Waals surface area (Å²) in [5.74, 6) is -0.211. The number of amides is 1. The molecule has 3 nitrogen and oxygen atoms in total. The van der Waals surface area contributed by atoms with Crippen LogP contribution in [0, 0.1) is 0 Å². The van der Waals surface area contributed by atoms with E-state index in [1.54, 1.807) is 35.2 Å². The SMILES string of the molecule is CCCN(C(=O)c1c(Cl)cccc1Cl)c1ccc(N)cc1. The Morgan fingerprint density at radius 3 is 2.19 bits per heavy atom. The van der Waals surface area contributed by atoms with Crippen molar-refractivity contribution in [3.05, 3.63) is 58.1 Å². The quantitative estimate of drug-likeness (QED) is 0.834. The van der Waals surface area contributed by atoms with Crippen molar-refractivity contribution in [2.24, 2.45) is 0 Å². The van der Waals surface area contributed by atoms with Crippen LogP contribution in [0.5, 0.6) is 0 Å². The average Bonchev–Trinajstić information content (AvgIpc) is 2.45. The van der Waals surface area contributed by atoms with Crippen LogP contribution in [0.25, 0.3) is 0 Å². The van der Waals surface area contributed by atoms with Gasteiger partial charge in [0.2, 0.25) is 0 Å². The Hall–Kier alpha value is -1.71. The average molecular weight is 323 g/mol. The van der Waals surface area contributed by atoms with Gasteiger partial charge in [-0.25, -0.2) is 0 Å². The van der Waals surface area contributed by atoms with Crippen LogP contribution in [-0.4, -0.2) is 12.5 Å². The molecule has 0 aromatic heterocycles. The summed E-state index contributed by atoms with van der Waals surface area (Å²) in [5, 5.41) is 0.702. The standard InChI is InChI=1S/C16H16Cl2N2O/c1-2-10-20(12-8-6-11(19)7-9-12)16(21)15-13(17)4-3-5-14(15)18/h3-9H,2,10,19H2,1H3. The second-order valence-corrected chi connectivity index (χ2v) is 5.46. The Morgan fingerprint density at radius 1 is 1.10 bits per heavy atom. The maximum absolute atomic E-state index is 12.8. The maximum atomic E-state index is 12.8. The molecule has 2 rings (SSSR count). The van der Waals surface area contributed by atoms with Gasteiger partial charge in [-0.15, -0.1) is 0 Å². The first-order valence-electron chi connectivity index (χ1n) is 6.66. The molecule has 0 atom stereocenters. The molecule has 2 aromatic rings. The van der Waals surface area contributed by atoms with Crippen LogP contribution >= 0.6 is 23.2 Å². The summed E-state index contributed by atoms with van der Waals surface area (Å²) in [5.41, 5.74) is 7.44. The van der Waals surface area contributed by atoms with E-state index in [-0.39, 0.29) is 5.91 Å². The van der Waals surface area contributed by atoms with E-state index in [1.807, 2.05) is 19.1 Å². The van der Waals surface area contributed by atoms with Crippen LogP contribution in [0.1, 0.15) is 23.7 Å². The van der Waals surface area contributed by atoms with Crippen molar-refractivity contribution in [2.45, 2.75) is 13.3 Å². The molecule has 1 amide bonds. The highest BCUT2D eigenvalue weighted by atomic mass is 35.5. The first-order chi connectivity index (χ1) is 10.0. The van der Waals surface area contributed by atoms with Crippen molar-refractivity contribution in [1.29, 1.82) is 0 Å². The van der Waals surface area contributed by atoms with Gasteiger partial charge in [-0.1, -0.05) is 36.2 Å². The molecule has 2 aromatic carbocycles. The van der Waals surface area contributed by atoms with E-state index in [0.717, 1.165) is 12.1 Å². The number of hydrogen-bond donors (Lipinski definition) is 1. The number of rotatable bonds is 4. The van der Waals surface area contributed by atoms with Crippen molar-refractivity contribution in [2.75, 3.05) is 17.2 Å². The summed E-state index contributed by atoms with van der Waals surface area (Å²) in [6.07, 6.45) is 0.818. The monoisotopic (exact) mass is 322 g/mol. The zero-order valence-electron chi connectivity index (χ0n) is 11.6. The minimum Gasteiger partial charge on any atom is -0.399 e. The van der Waals surface area contributed by atoms with Gasteiger partial charge < -0.3 is 10.6 Å². The summed E-state index contributed by atoms with van der Waals surface area (Å²) < 4.78 is 0. The second-order valence-electron chi connectivity index (χ2n) is 4.64. The number of halogens is 2. The molecule has 0 spiro atoms. The summed E-state index contributed by atoms with van der Waals surface area (Å²) in [6, 6.07) is 12.2. The molecule has 0 bridgehead atoms. The fourth-order valence-electron chi connectivity index (χ4n) is 2.06. The van der Waals surface area contributed by atoms with Crippen LogP contribution in [0.15, 0.2) is 42.5 Å². The van der Waals surface area contributed by atoms with Crippen molar-refractivity contribution in [3.63, 3.8) is 0 Å². The lowest BCUT2D eigenvalue weighted by atomic mass is 10.1. The summed E-state index contributed by atoms with van der Waals surface area (Å²) >= 11 is 12.3. The van der Waals surface area contributed by atoms with Gasteiger partial charge in [0.05, 0.1) is 15.6 Å². The molecule has 0 unspecified atom stereocenters. The van der Waals surface area contributed by atoms with Crippen molar-refractivity contribution < 1.29 is 4.79 Å². The molecule has 0 aliphatic heterocycles. The van der Waals surface area contributed by atoms with Gasteiger partial charge in [-0.3, -0.25) is 4.79 Å². The van der Waals surface area contributed by atoms with Gasteiger partial charge in [-0.05, 0) is 42.8 Å². The summed E-state index contributed by atoms with van der Waals surface area (Å²) in [6.45, 7) is 2.58. The minimum absolute atomic E-state index is 0.211. The third-order valence-electron chi connectivity index (χ3n) is 3.07. The Labute approximate surface area is 134 Å². The molecular weight excluding hydrogens is 307 g/mol. The molecule has 0 saturated carbocycles. The van der Waals surface area contributed by atoms with E-state index in [4.69, 9.17) is 28.9 Å². The highest BCUT2D eigenvalue weighted by Crippen LogP contribution is 2.28. The van der Waals surface area contributed by atoms with Gasteiger partial charge >= 0.3 is 0 Å². The number of anilines is 2. The molecule has 2 N–H and O–H groups in total. The first kappa shape index (κ1) is 15.7. The number of benzene rings is 2. The lowest BCUT2D eigenvalue weighted by Crippen LogP contribution is -2.32. The minimum atomic E-state index is -0.211. The number of nitrogen functional groups attached to an aromatic ring is 1. The first-order valence-corrected chi connectivity index (χ1v) is 7.41. The number of nitrogens with two attached hydrogens (primary N) is 1. The lowest BCUT2D eigenvalue weighted by Gasteiger charge is -2.23. The number of carbonyl (C=O) groups excluding carboxylic acids is 1. The number of carbonyl (C=O) groups is 1. The molecule has 0 aliphatic carbocycles. The predicted octanol–water partition coefficient (Wildman–Crippen LogP) is 4.63. The summed E-state index contributed by atoms with van der Waals surface area (Å²) in [4.78, 5) is 14.4. The number of hydrogen-bond acceptors (Lipinski definition) is 2. The lowest BCUT2D eigenvalue weighted by molar-refractivity contribution is 0.0987. The Morgan fingerprint density at radius 2 is 1.67 bits per heavy atom. The molecule has 21 heavy (non-hydrogen) atoms. The molecule has 5 heteroatoms. The van der Waals surface area contributed by atoms with E-state index in [0.29, 0.717) is 27.8 Å². The normalized spacial score (nSPS) is 10.4. The molecule has 0 heterocycles. The molecule has 110 valence electrons. The molecule has 0 radical (unpaired) electrons. The second kappa shape index (κ2) is 6.83. The van der Waals surface area contributed by atoms with E-state index in [1.165, 1.54) is 0 Å². The number of nitrogens with zero attached hydrogens (tertiary/aromatic N) is 1. The van der Waals surface area contributed by atoms with E-state index >= 15 is 0 Å². The largest absolute Gasteiger partial charge is 0.399 e. The highest BCUT2D eigenvalue weighted by molar-refractivity contribution is 6.40. The van der Waals surface area contributed by atoms with Crippen LogP contribution in [0.2, 0.25) is 10.0 Å². The van der Waals surface area contributed by atoms with Gasteiger partial charge in [0.15, 0.2) is 0 Å². The Kier molecular flexibility index (Phi) is 5.10. The van der Waals surface area contributed by atoms with Gasteiger partial charge in [-0.2, -0.15) is 0 Å². The van der Waals surface area contributed by atoms with Crippen LogP contribution in [0.3, 0.4) is 0 Å². The van der Waals surface area contributed by atoms with E-state index in [9.17, 15) is 4.79 Å². The van der Waals surface area contributed by atoms with Crippen molar-refractivity contribution >= 4 is 40.5 Å². The van der Waals surface area contributed by atoms with Crippen molar-refractivity contribution in [1.82, 2.24) is 0 Å². The fourth-order valence-corrected chi connectivity index (χ4v) is 2.62. The van der Waals surface area contributed by atoms with Gasteiger partial charge in [0, 0.05) is 17.9 Å². The molecule has 0 aliphatic rings. The van der Waals surface area contributed by atoms with E-state index < -0.39 is 0 Å². The smallest absolute Gasteiger partial charge is 0.261 e. The zero-order chi connectivity index (χ0) is 15.4. The Balaban J connectivity index is 2.42. The third kappa shape index (κ3) is 3.49. The molecule has 0 saturated heterocycles. The van der Waals surface area contributed by atoms with Gasteiger partial charge in [0.25, 0.3) is 5.91 Å². The van der Waals surface area contributed by atoms with Gasteiger partial charge in [0.1, 0.15) is 0 Å². The topological polar surface area (TPSA) is 46.3 Å². The van der Waals surface area contributed by atoms with Crippen LogP contribution in [-0.2, 0) is 0 Å². The maximum Gasteiger partial charge on any atom is 0.261 e. The Bertz CT molecular complexity index is 621.